The summed E-state index contributed by atoms with van der Waals surface area (Å²) in [7, 11) is -4.74. The van der Waals surface area contributed by atoms with Gasteiger partial charge in [-0.25, -0.2) is 4.57 Å². The van der Waals surface area contributed by atoms with Gasteiger partial charge in [-0.2, -0.15) is 0 Å². The van der Waals surface area contributed by atoms with E-state index >= 15 is 0 Å². The minimum absolute atomic E-state index is 0.217. The Labute approximate surface area is 288 Å². The number of phosphoric acid groups is 1. The summed E-state index contributed by atoms with van der Waals surface area (Å²) in [5.74, 6) is -0.879. The number of allylic oxidation sites excluding steroid dienone is 2. The second-order valence-corrected chi connectivity index (χ2v) is 14.5. The Morgan fingerprint density at radius 3 is 1.32 bits per heavy atom. The summed E-state index contributed by atoms with van der Waals surface area (Å²) in [6.45, 7) is 3.67. The van der Waals surface area contributed by atoms with Crippen LogP contribution in [0.2, 0.25) is 0 Å². The molecule has 9 heteroatoms. The molecule has 0 radical (unpaired) electrons. The standard InChI is InChI=1S/C38H73O8P/c1-3-5-7-9-11-13-15-17-18-19-20-21-23-24-26-28-30-32-37(39)44-34-36(35-45-47(41,42)43)46-38(40)33-31-29-27-25-22-16-14-12-10-8-6-4-2/h13,15,36H,3-12,14,16-35H2,1-2H3,(H2,41,42,43)/b15-13+/t36-/m1/s1. The summed E-state index contributed by atoms with van der Waals surface area (Å²) in [5.41, 5.74) is 0. The minimum atomic E-state index is -4.74. The van der Waals surface area contributed by atoms with Gasteiger partial charge in [-0.05, 0) is 38.5 Å². The first-order valence-corrected chi connectivity index (χ1v) is 21.0. The van der Waals surface area contributed by atoms with Crippen molar-refractivity contribution < 1.29 is 37.9 Å². The van der Waals surface area contributed by atoms with Gasteiger partial charge in [0.15, 0.2) is 6.10 Å². The average Bonchev–Trinajstić information content (AvgIpc) is 3.04. The lowest BCUT2D eigenvalue weighted by Gasteiger charge is -2.18. The smallest absolute Gasteiger partial charge is 0.462 e. The molecule has 0 bridgehead atoms. The highest BCUT2D eigenvalue weighted by molar-refractivity contribution is 7.46. The highest BCUT2D eigenvalue weighted by Gasteiger charge is 2.22. The molecule has 0 amide bonds. The highest BCUT2D eigenvalue weighted by Crippen LogP contribution is 2.36. The van der Waals surface area contributed by atoms with Crippen LogP contribution in [0.15, 0.2) is 12.2 Å². The first-order valence-electron chi connectivity index (χ1n) is 19.5. The zero-order chi connectivity index (χ0) is 34.7. The van der Waals surface area contributed by atoms with Crippen LogP contribution in [-0.2, 0) is 28.2 Å². The molecule has 0 aliphatic rings. The number of phosphoric ester groups is 1. The van der Waals surface area contributed by atoms with Gasteiger partial charge in [0.2, 0.25) is 0 Å². The molecule has 0 unspecified atom stereocenters. The van der Waals surface area contributed by atoms with Crippen molar-refractivity contribution in [3.63, 3.8) is 0 Å². The van der Waals surface area contributed by atoms with Gasteiger partial charge < -0.3 is 19.3 Å². The Morgan fingerprint density at radius 1 is 0.532 bits per heavy atom. The maximum atomic E-state index is 12.3. The zero-order valence-electron chi connectivity index (χ0n) is 30.4. The van der Waals surface area contributed by atoms with E-state index in [-0.39, 0.29) is 19.4 Å². The second-order valence-electron chi connectivity index (χ2n) is 13.3. The lowest BCUT2D eigenvalue weighted by atomic mass is 10.0. The SMILES string of the molecule is CCCCCC/C=C/CCCCCCCCCCCC(=O)OC[C@H](COP(=O)(O)O)OC(=O)CCCCCCCCCCCCCC. The Bertz CT molecular complexity index is 782. The van der Waals surface area contributed by atoms with Gasteiger partial charge in [0.25, 0.3) is 0 Å². The monoisotopic (exact) mass is 689 g/mol. The van der Waals surface area contributed by atoms with E-state index in [2.05, 4.69) is 30.5 Å². The van der Waals surface area contributed by atoms with Gasteiger partial charge in [-0.1, -0.05) is 161 Å². The number of hydrogen-bond acceptors (Lipinski definition) is 6. The van der Waals surface area contributed by atoms with Crippen LogP contribution in [0.1, 0.15) is 200 Å². The molecule has 0 aromatic carbocycles. The molecule has 0 heterocycles. The third kappa shape index (κ3) is 37.5. The molecule has 278 valence electrons. The highest BCUT2D eigenvalue weighted by atomic mass is 31.2. The predicted octanol–water partition coefficient (Wildman–Crippen LogP) is 11.5. The summed E-state index contributed by atoms with van der Waals surface area (Å²) in [5, 5.41) is 0. The number of carbonyl (C=O) groups is 2. The lowest BCUT2D eigenvalue weighted by molar-refractivity contribution is -0.161. The number of esters is 2. The van der Waals surface area contributed by atoms with E-state index in [0.29, 0.717) is 6.42 Å². The third-order valence-electron chi connectivity index (χ3n) is 8.53. The van der Waals surface area contributed by atoms with Crippen LogP contribution < -0.4 is 0 Å². The van der Waals surface area contributed by atoms with Crippen molar-refractivity contribution in [3.05, 3.63) is 12.2 Å². The molecule has 0 aromatic heterocycles. The summed E-state index contributed by atoms with van der Waals surface area (Å²) >= 11 is 0. The van der Waals surface area contributed by atoms with Crippen molar-refractivity contribution in [2.45, 2.75) is 206 Å². The topological polar surface area (TPSA) is 119 Å². The molecule has 1 atom stereocenters. The lowest BCUT2D eigenvalue weighted by Crippen LogP contribution is -2.29. The van der Waals surface area contributed by atoms with E-state index < -0.39 is 32.5 Å². The Kier molecular flexibility index (Phi) is 33.8. The van der Waals surface area contributed by atoms with Crippen LogP contribution in [0.25, 0.3) is 0 Å². The molecule has 47 heavy (non-hydrogen) atoms. The van der Waals surface area contributed by atoms with Crippen LogP contribution in [-0.4, -0.2) is 41.0 Å². The summed E-state index contributed by atoms with van der Waals surface area (Å²) in [4.78, 5) is 42.7. The van der Waals surface area contributed by atoms with Gasteiger partial charge in [0.1, 0.15) is 6.61 Å². The van der Waals surface area contributed by atoms with E-state index in [1.807, 2.05) is 0 Å². The van der Waals surface area contributed by atoms with Gasteiger partial charge in [0, 0.05) is 12.8 Å². The molecule has 0 saturated carbocycles. The predicted molar refractivity (Wildman–Crippen MR) is 193 cm³/mol. The van der Waals surface area contributed by atoms with Gasteiger partial charge in [0.05, 0.1) is 6.61 Å². The molecule has 0 aliphatic carbocycles. The Hall–Kier alpha value is -1.21. The fraction of sp³-hybridized carbons (Fsp3) is 0.895. The van der Waals surface area contributed by atoms with Crippen molar-refractivity contribution in [3.8, 4) is 0 Å². The van der Waals surface area contributed by atoms with Gasteiger partial charge >= 0.3 is 19.8 Å². The number of hydrogen-bond donors (Lipinski definition) is 2. The molecule has 0 spiro atoms. The minimum Gasteiger partial charge on any atom is -0.462 e. The fourth-order valence-corrected chi connectivity index (χ4v) is 5.96. The van der Waals surface area contributed by atoms with Gasteiger partial charge in [-0.3, -0.25) is 14.1 Å². The normalized spacial score (nSPS) is 12.5. The fourth-order valence-electron chi connectivity index (χ4n) is 5.60. The van der Waals surface area contributed by atoms with E-state index in [0.717, 1.165) is 38.5 Å². The molecule has 0 fully saturated rings. The summed E-state index contributed by atoms with van der Waals surface area (Å²) in [6, 6.07) is 0. The molecule has 0 aromatic rings. The van der Waals surface area contributed by atoms with E-state index in [1.54, 1.807) is 0 Å². The van der Waals surface area contributed by atoms with E-state index in [9.17, 15) is 14.2 Å². The first-order chi connectivity index (χ1) is 22.8. The van der Waals surface area contributed by atoms with Crippen molar-refractivity contribution in [1.29, 1.82) is 0 Å². The molecule has 0 aliphatic heterocycles. The van der Waals surface area contributed by atoms with Crippen LogP contribution in [0.5, 0.6) is 0 Å². The second kappa shape index (κ2) is 34.6. The van der Waals surface area contributed by atoms with Crippen molar-refractivity contribution in [2.24, 2.45) is 0 Å². The summed E-state index contributed by atoms with van der Waals surface area (Å²) in [6.07, 6.45) is 36.4. The number of carbonyl (C=O) groups excluding carboxylic acids is 2. The van der Waals surface area contributed by atoms with Crippen LogP contribution in [0.3, 0.4) is 0 Å². The molecule has 2 N–H and O–H groups in total. The molecular weight excluding hydrogens is 615 g/mol. The Morgan fingerprint density at radius 2 is 0.894 bits per heavy atom. The van der Waals surface area contributed by atoms with Crippen LogP contribution >= 0.6 is 7.82 Å². The largest absolute Gasteiger partial charge is 0.469 e. The quantitative estimate of drug-likeness (QED) is 0.0289. The van der Waals surface area contributed by atoms with Crippen molar-refractivity contribution in [2.75, 3.05) is 13.2 Å². The van der Waals surface area contributed by atoms with Crippen LogP contribution in [0.4, 0.5) is 0 Å². The number of rotatable bonds is 36. The maximum absolute atomic E-state index is 12.3. The Balaban J connectivity index is 3.90. The molecule has 8 nitrogen and oxygen atoms in total. The van der Waals surface area contributed by atoms with E-state index in [1.165, 1.54) is 128 Å². The van der Waals surface area contributed by atoms with Gasteiger partial charge in [-0.15, -0.1) is 0 Å². The molecule has 0 rings (SSSR count). The summed E-state index contributed by atoms with van der Waals surface area (Å²) < 4.78 is 26.3. The zero-order valence-corrected chi connectivity index (χ0v) is 31.3. The molecule has 0 saturated heterocycles. The average molecular weight is 689 g/mol. The third-order valence-corrected chi connectivity index (χ3v) is 9.02. The molecular formula is C38H73O8P. The number of unbranched alkanes of at least 4 members (excludes halogenated alkanes) is 24. The number of ether oxygens (including phenoxy) is 2. The van der Waals surface area contributed by atoms with E-state index in [4.69, 9.17) is 19.3 Å². The van der Waals surface area contributed by atoms with Crippen molar-refractivity contribution >= 4 is 19.8 Å². The van der Waals surface area contributed by atoms with Crippen molar-refractivity contribution in [1.82, 2.24) is 0 Å². The first kappa shape index (κ1) is 45.8. The maximum Gasteiger partial charge on any atom is 0.469 e. The van der Waals surface area contributed by atoms with Crippen LogP contribution in [0, 0.1) is 0 Å².